The van der Waals surface area contributed by atoms with Crippen LogP contribution in [0, 0.1) is 6.54 Å². The molecule has 0 aliphatic rings. The van der Waals surface area contributed by atoms with Crippen LogP contribution in [0.2, 0.25) is 0 Å². The lowest BCUT2D eigenvalue weighted by Crippen LogP contribution is -2.29. The highest BCUT2D eigenvalue weighted by atomic mass is 16.6. The molecule has 0 saturated heterocycles. The largest absolute Gasteiger partial charge is 0.350 e. The van der Waals surface area contributed by atoms with Crippen molar-refractivity contribution in [2.45, 2.75) is 0 Å². The molecule has 45 valence electrons. The van der Waals surface area contributed by atoms with E-state index < -0.39 is 6.03 Å². The zero-order valence-electron chi connectivity index (χ0n) is 4.24. The van der Waals surface area contributed by atoms with E-state index in [1.807, 2.05) is 0 Å². The summed E-state index contributed by atoms with van der Waals surface area (Å²) in [7, 11) is 0. The van der Waals surface area contributed by atoms with Crippen molar-refractivity contribution in [2.75, 3.05) is 0 Å². The second kappa shape index (κ2) is 3.04. The number of urea groups is 1. The zero-order chi connectivity index (χ0) is 6.57. The average molecular weight is 117 g/mol. The van der Waals surface area contributed by atoms with E-state index in [0.29, 0.717) is 0 Å². The van der Waals surface area contributed by atoms with Crippen LogP contribution in [0.15, 0.2) is 12.7 Å². The van der Waals surface area contributed by atoms with Gasteiger partial charge < -0.3 is 5.73 Å². The van der Waals surface area contributed by atoms with E-state index in [4.69, 9.17) is 5.21 Å². The third-order valence-corrected chi connectivity index (χ3v) is 0.472. The van der Waals surface area contributed by atoms with Gasteiger partial charge in [-0.05, 0) is 0 Å². The number of primary amides is 1. The first-order valence-corrected chi connectivity index (χ1v) is 1.92. The Labute approximate surface area is 47.2 Å². The molecule has 0 unspecified atom stereocenters. The predicted molar refractivity (Wildman–Crippen MR) is 27.7 cm³/mol. The zero-order valence-corrected chi connectivity index (χ0v) is 4.24. The molecule has 0 aliphatic carbocycles. The molecule has 0 rings (SSSR count). The van der Waals surface area contributed by atoms with Gasteiger partial charge in [0.25, 0.3) is 0 Å². The molecule has 0 bridgehead atoms. The van der Waals surface area contributed by atoms with Gasteiger partial charge in [-0.1, -0.05) is 6.08 Å². The number of amides is 2. The number of carbonyl (C=O) groups excluding carboxylic acids is 1. The standard InChI is InChI=1S/C4H7N2O2/c1-2-3-6(8)4(5)7/h2-3,8H,1H2,(H2,5,7)/i4+2. The van der Waals surface area contributed by atoms with Gasteiger partial charge in [0.2, 0.25) is 0 Å². The summed E-state index contributed by atoms with van der Waals surface area (Å²) in [5, 5.41) is 8.60. The fraction of sp³-hybridized carbons (Fsp3) is 0. The van der Waals surface area contributed by atoms with E-state index in [-0.39, 0.29) is 5.06 Å². The van der Waals surface area contributed by atoms with E-state index >= 15 is 0 Å². The summed E-state index contributed by atoms with van der Waals surface area (Å²) in [5.74, 6) is 0. The third-order valence-electron chi connectivity index (χ3n) is 0.472. The lowest BCUT2D eigenvalue weighted by molar-refractivity contribution is -0.00601. The maximum atomic E-state index is 9.91. The summed E-state index contributed by atoms with van der Waals surface area (Å²) in [4.78, 5) is 9.91. The molecule has 0 aliphatic heterocycles. The number of hydroxylamine groups is 2. The van der Waals surface area contributed by atoms with Gasteiger partial charge in [-0.15, -0.1) is 6.58 Å². The summed E-state index contributed by atoms with van der Waals surface area (Å²) in [6.45, 7) is 4.26. The summed E-state index contributed by atoms with van der Waals surface area (Å²) in [6, 6.07) is -0.926. The first-order chi connectivity index (χ1) is 3.68. The van der Waals surface area contributed by atoms with Crippen LogP contribution in [-0.4, -0.2) is 16.3 Å². The van der Waals surface area contributed by atoms with Crippen molar-refractivity contribution in [1.82, 2.24) is 5.06 Å². The van der Waals surface area contributed by atoms with Crippen molar-refractivity contribution in [3.05, 3.63) is 19.2 Å². The van der Waals surface area contributed by atoms with Gasteiger partial charge >= 0.3 is 6.03 Å². The molecular weight excluding hydrogens is 110 g/mol. The second-order valence-corrected chi connectivity index (χ2v) is 1.07. The predicted octanol–water partition coefficient (Wildman–Crippen LogP) is 0.104. The quantitative estimate of drug-likeness (QED) is 0.398. The Balaban J connectivity index is 3.46. The SMILES string of the molecule is C=C[CH]N(O)[14C](N)=O. The smallest absolute Gasteiger partial charge is 0.339 e. The van der Waals surface area contributed by atoms with Gasteiger partial charge in [-0.3, -0.25) is 5.21 Å². The number of rotatable bonds is 2. The molecule has 3 N–H and O–H groups in total. The van der Waals surface area contributed by atoms with Crippen molar-refractivity contribution >= 4 is 6.03 Å². The van der Waals surface area contributed by atoms with E-state index in [9.17, 15) is 4.79 Å². The second-order valence-electron chi connectivity index (χ2n) is 1.07. The molecule has 0 aromatic rings. The lowest BCUT2D eigenvalue weighted by atomic mass is 10.7. The van der Waals surface area contributed by atoms with Gasteiger partial charge in [0.1, 0.15) is 6.54 Å². The van der Waals surface area contributed by atoms with Gasteiger partial charge in [0.15, 0.2) is 0 Å². The topological polar surface area (TPSA) is 66.6 Å². The Hall–Kier alpha value is -1.03. The summed E-state index contributed by atoms with van der Waals surface area (Å²) in [5.41, 5.74) is 4.58. The van der Waals surface area contributed by atoms with E-state index in [0.717, 1.165) is 6.54 Å². The fourth-order valence-corrected chi connectivity index (χ4v) is 0.173. The van der Waals surface area contributed by atoms with Gasteiger partial charge in [0, 0.05) is 0 Å². The van der Waals surface area contributed by atoms with Gasteiger partial charge in [0.05, 0.1) is 0 Å². The van der Waals surface area contributed by atoms with E-state index in [1.165, 1.54) is 6.08 Å². The van der Waals surface area contributed by atoms with Crippen LogP contribution in [0.1, 0.15) is 0 Å². The third kappa shape index (κ3) is 2.20. The number of nitrogens with two attached hydrogens (primary N) is 1. The van der Waals surface area contributed by atoms with Crippen molar-refractivity contribution in [3.8, 4) is 0 Å². The normalized spacial score (nSPS) is 8.12. The monoisotopic (exact) mass is 117 g/mol. The van der Waals surface area contributed by atoms with Crippen LogP contribution in [0.5, 0.6) is 0 Å². The maximum absolute atomic E-state index is 9.91. The molecule has 0 heterocycles. The van der Waals surface area contributed by atoms with E-state index in [1.54, 1.807) is 0 Å². The molecule has 0 aromatic carbocycles. The Morgan fingerprint density at radius 2 is 2.38 bits per heavy atom. The van der Waals surface area contributed by atoms with Crippen LogP contribution in [0.25, 0.3) is 0 Å². The summed E-state index contributed by atoms with van der Waals surface area (Å²) >= 11 is 0. The molecule has 0 spiro atoms. The molecule has 8 heavy (non-hydrogen) atoms. The molecule has 0 saturated carbocycles. The Kier molecular flexibility index (Phi) is 2.64. The van der Waals surface area contributed by atoms with Crippen molar-refractivity contribution in [2.24, 2.45) is 5.73 Å². The minimum atomic E-state index is -0.926. The van der Waals surface area contributed by atoms with Crippen LogP contribution < -0.4 is 5.73 Å². The van der Waals surface area contributed by atoms with Gasteiger partial charge in [-0.2, -0.15) is 5.06 Å². The fourth-order valence-electron chi connectivity index (χ4n) is 0.173. The highest BCUT2D eigenvalue weighted by Gasteiger charge is 1.99. The lowest BCUT2D eigenvalue weighted by Gasteiger charge is -2.05. The van der Waals surface area contributed by atoms with Crippen LogP contribution in [-0.2, 0) is 0 Å². The van der Waals surface area contributed by atoms with Crippen LogP contribution >= 0.6 is 0 Å². The molecule has 4 nitrogen and oxygen atoms in total. The highest BCUT2D eigenvalue weighted by molar-refractivity contribution is 5.71. The number of hydrogen-bond donors (Lipinski definition) is 2. The summed E-state index contributed by atoms with van der Waals surface area (Å²) < 4.78 is 0. The Morgan fingerprint density at radius 3 is 2.50 bits per heavy atom. The maximum Gasteiger partial charge on any atom is 0.339 e. The highest BCUT2D eigenvalue weighted by Crippen LogP contribution is 1.84. The minimum absolute atomic E-state index is 0.243. The number of carbonyl (C=O) groups is 1. The van der Waals surface area contributed by atoms with Crippen molar-refractivity contribution in [1.29, 1.82) is 0 Å². The molecule has 0 aromatic heterocycles. The number of hydrogen-bond acceptors (Lipinski definition) is 2. The minimum Gasteiger partial charge on any atom is -0.350 e. The Bertz CT molecular complexity index is 102. The van der Waals surface area contributed by atoms with E-state index in [2.05, 4.69) is 12.3 Å². The Morgan fingerprint density at radius 1 is 1.88 bits per heavy atom. The molecule has 1 radical (unpaired) electrons. The molecular formula is C4H7N2O2. The van der Waals surface area contributed by atoms with Crippen molar-refractivity contribution < 1.29 is 10.0 Å². The van der Waals surface area contributed by atoms with Crippen molar-refractivity contribution in [3.63, 3.8) is 0 Å². The first kappa shape index (κ1) is 6.97. The van der Waals surface area contributed by atoms with Gasteiger partial charge in [-0.25, -0.2) is 4.79 Å². The summed E-state index contributed by atoms with van der Waals surface area (Å²) in [6.07, 6.45) is 1.24. The molecule has 4 heteroatoms. The number of nitrogens with zero attached hydrogens (tertiary/aromatic N) is 1. The molecule has 0 atom stereocenters. The van der Waals surface area contributed by atoms with Crippen LogP contribution in [0.4, 0.5) is 4.79 Å². The van der Waals surface area contributed by atoms with Crippen LogP contribution in [0.3, 0.4) is 0 Å². The average Bonchev–Trinajstić information content (AvgIpc) is 1.67. The first-order valence-electron chi connectivity index (χ1n) is 1.92. The molecule has 2 amide bonds. The molecule has 0 fully saturated rings.